The third kappa shape index (κ3) is 5.65. The zero-order chi connectivity index (χ0) is 20.8. The molecule has 0 saturated carbocycles. The standard InChI is InChI=1S/C20H27NO6S/c1-4-17(22)13-18-12-16(21-27-18)10-11-20(2,28(3,24)25)19(23)26-14-15-8-6-5-7-9-15/h5-9,12,17,22H,4,10-11,13-14H2,1-3H3/t17?,20-/m1/s1. The zero-order valence-electron chi connectivity index (χ0n) is 16.4. The molecule has 8 heteroatoms. The number of hydrogen-bond donors (Lipinski definition) is 1. The fourth-order valence-electron chi connectivity index (χ4n) is 2.63. The summed E-state index contributed by atoms with van der Waals surface area (Å²) in [5.41, 5.74) is 1.31. The maximum absolute atomic E-state index is 12.6. The van der Waals surface area contributed by atoms with Crippen LogP contribution in [0.4, 0.5) is 0 Å². The predicted molar refractivity (Wildman–Crippen MR) is 104 cm³/mol. The molecule has 1 heterocycles. The van der Waals surface area contributed by atoms with E-state index in [1.807, 2.05) is 25.1 Å². The summed E-state index contributed by atoms with van der Waals surface area (Å²) < 4.78 is 33.5. The van der Waals surface area contributed by atoms with Gasteiger partial charge in [-0.25, -0.2) is 8.42 Å². The molecule has 0 amide bonds. The van der Waals surface area contributed by atoms with Crippen molar-refractivity contribution in [3.05, 3.63) is 53.4 Å². The fraction of sp³-hybridized carbons (Fsp3) is 0.500. The first-order valence-electron chi connectivity index (χ1n) is 9.19. The zero-order valence-corrected chi connectivity index (χ0v) is 17.2. The van der Waals surface area contributed by atoms with Gasteiger partial charge in [-0.2, -0.15) is 0 Å². The first kappa shape index (κ1) is 22.1. The Bertz CT molecular complexity index is 877. The molecule has 2 atom stereocenters. The van der Waals surface area contributed by atoms with Crippen molar-refractivity contribution in [3.63, 3.8) is 0 Å². The summed E-state index contributed by atoms with van der Waals surface area (Å²) in [4.78, 5) is 12.6. The molecule has 0 aliphatic rings. The minimum atomic E-state index is -3.73. The van der Waals surface area contributed by atoms with E-state index in [1.54, 1.807) is 18.2 Å². The minimum Gasteiger partial charge on any atom is -0.460 e. The molecular weight excluding hydrogens is 382 g/mol. The van der Waals surface area contributed by atoms with Crippen molar-refractivity contribution in [2.24, 2.45) is 0 Å². The molecule has 2 rings (SSSR count). The molecular formula is C20H27NO6S. The van der Waals surface area contributed by atoms with Gasteiger partial charge in [-0.1, -0.05) is 42.4 Å². The molecule has 0 fully saturated rings. The van der Waals surface area contributed by atoms with E-state index in [0.29, 0.717) is 24.3 Å². The van der Waals surface area contributed by atoms with Gasteiger partial charge in [0, 0.05) is 18.7 Å². The Labute approximate surface area is 165 Å². The molecule has 1 aromatic carbocycles. The number of carbonyl (C=O) groups excluding carboxylic acids is 1. The van der Waals surface area contributed by atoms with E-state index in [9.17, 15) is 18.3 Å². The van der Waals surface area contributed by atoms with Gasteiger partial charge in [-0.05, 0) is 31.7 Å². The number of carbonyl (C=O) groups is 1. The summed E-state index contributed by atoms with van der Waals surface area (Å²) in [5.74, 6) is -0.263. The van der Waals surface area contributed by atoms with Crippen LogP contribution in [0.15, 0.2) is 40.9 Å². The van der Waals surface area contributed by atoms with Crippen LogP contribution < -0.4 is 0 Å². The van der Waals surface area contributed by atoms with Crippen molar-refractivity contribution in [3.8, 4) is 0 Å². The van der Waals surface area contributed by atoms with Crippen LogP contribution >= 0.6 is 0 Å². The predicted octanol–water partition coefficient (Wildman–Crippen LogP) is 2.47. The molecule has 0 spiro atoms. The van der Waals surface area contributed by atoms with E-state index in [1.165, 1.54) is 6.92 Å². The molecule has 2 aromatic rings. The van der Waals surface area contributed by atoms with Gasteiger partial charge in [0.2, 0.25) is 0 Å². The van der Waals surface area contributed by atoms with Gasteiger partial charge in [-0.3, -0.25) is 4.79 Å². The lowest BCUT2D eigenvalue weighted by molar-refractivity contribution is -0.147. The Morgan fingerprint density at radius 2 is 2.00 bits per heavy atom. The summed E-state index contributed by atoms with van der Waals surface area (Å²) in [7, 11) is -3.73. The van der Waals surface area contributed by atoms with Crippen molar-refractivity contribution >= 4 is 15.8 Å². The average Bonchev–Trinajstić information content (AvgIpc) is 3.11. The third-order valence-corrected chi connectivity index (χ3v) is 6.84. The van der Waals surface area contributed by atoms with Gasteiger partial charge in [0.1, 0.15) is 12.4 Å². The maximum atomic E-state index is 12.6. The molecule has 0 bridgehead atoms. The second kappa shape index (κ2) is 9.34. The maximum Gasteiger partial charge on any atom is 0.327 e. The number of aromatic nitrogens is 1. The van der Waals surface area contributed by atoms with Crippen LogP contribution in [0.2, 0.25) is 0 Å². The molecule has 1 aromatic heterocycles. The quantitative estimate of drug-likeness (QED) is 0.601. The van der Waals surface area contributed by atoms with Crippen molar-refractivity contribution in [2.45, 2.75) is 57.0 Å². The number of nitrogens with zero attached hydrogens (tertiary/aromatic N) is 1. The van der Waals surface area contributed by atoms with E-state index in [4.69, 9.17) is 9.26 Å². The summed E-state index contributed by atoms with van der Waals surface area (Å²) in [6, 6.07) is 10.8. The van der Waals surface area contributed by atoms with Crippen LogP contribution in [0, 0.1) is 0 Å². The van der Waals surface area contributed by atoms with Crippen molar-refractivity contribution in [2.75, 3.05) is 6.26 Å². The topological polar surface area (TPSA) is 107 Å². The Hall–Kier alpha value is -2.19. The first-order chi connectivity index (χ1) is 13.2. The number of ether oxygens (including phenoxy) is 1. The normalized spacial score (nSPS) is 15.0. The number of sulfone groups is 1. The molecule has 28 heavy (non-hydrogen) atoms. The Morgan fingerprint density at radius 1 is 1.32 bits per heavy atom. The summed E-state index contributed by atoms with van der Waals surface area (Å²) in [5, 5.41) is 13.6. The SMILES string of the molecule is CCC(O)Cc1cc(CC[C@](C)(C(=O)OCc2ccccc2)S(C)(=O)=O)no1. The van der Waals surface area contributed by atoms with Crippen LogP contribution in [0.25, 0.3) is 0 Å². The molecule has 0 radical (unpaired) electrons. The van der Waals surface area contributed by atoms with Gasteiger partial charge in [-0.15, -0.1) is 0 Å². The van der Waals surface area contributed by atoms with Crippen LogP contribution in [0.5, 0.6) is 0 Å². The highest BCUT2D eigenvalue weighted by Crippen LogP contribution is 2.26. The molecule has 1 N–H and O–H groups in total. The van der Waals surface area contributed by atoms with Crippen LogP contribution in [0.3, 0.4) is 0 Å². The van der Waals surface area contributed by atoms with Gasteiger partial charge in [0.05, 0.1) is 11.8 Å². The van der Waals surface area contributed by atoms with Gasteiger partial charge >= 0.3 is 5.97 Å². The highest BCUT2D eigenvalue weighted by Gasteiger charge is 2.44. The highest BCUT2D eigenvalue weighted by atomic mass is 32.2. The van der Waals surface area contributed by atoms with Crippen LogP contribution in [-0.4, -0.2) is 41.8 Å². The minimum absolute atomic E-state index is 0.00774. The number of esters is 1. The molecule has 0 aliphatic carbocycles. The number of aliphatic hydroxyl groups is 1. The lowest BCUT2D eigenvalue weighted by Crippen LogP contribution is -2.44. The van der Waals surface area contributed by atoms with E-state index in [-0.39, 0.29) is 19.4 Å². The average molecular weight is 410 g/mol. The van der Waals surface area contributed by atoms with Crippen molar-refractivity contribution < 1.29 is 27.6 Å². The lowest BCUT2D eigenvalue weighted by atomic mass is 10.0. The molecule has 0 aliphatic heterocycles. The van der Waals surface area contributed by atoms with E-state index < -0.39 is 26.7 Å². The van der Waals surface area contributed by atoms with Crippen LogP contribution in [-0.2, 0) is 38.8 Å². The molecule has 7 nitrogen and oxygen atoms in total. The fourth-order valence-corrected chi connectivity index (χ4v) is 3.46. The first-order valence-corrected chi connectivity index (χ1v) is 11.1. The molecule has 154 valence electrons. The van der Waals surface area contributed by atoms with Gasteiger partial charge in [0.25, 0.3) is 0 Å². The Kier molecular flexibility index (Phi) is 7.37. The van der Waals surface area contributed by atoms with E-state index >= 15 is 0 Å². The highest BCUT2D eigenvalue weighted by molar-refractivity contribution is 7.92. The smallest absolute Gasteiger partial charge is 0.327 e. The monoisotopic (exact) mass is 409 g/mol. The number of aliphatic hydroxyl groups excluding tert-OH is 1. The van der Waals surface area contributed by atoms with E-state index in [2.05, 4.69) is 5.16 Å². The van der Waals surface area contributed by atoms with E-state index in [0.717, 1.165) is 11.8 Å². The summed E-state index contributed by atoms with van der Waals surface area (Å²) in [6.45, 7) is 3.24. The molecule has 1 unspecified atom stereocenters. The van der Waals surface area contributed by atoms with Crippen LogP contribution in [0.1, 0.15) is 43.7 Å². The largest absolute Gasteiger partial charge is 0.460 e. The Balaban J connectivity index is 2.05. The van der Waals surface area contributed by atoms with Crippen molar-refractivity contribution in [1.29, 1.82) is 0 Å². The lowest BCUT2D eigenvalue weighted by Gasteiger charge is -2.25. The third-order valence-electron chi connectivity index (χ3n) is 4.84. The second-order valence-corrected chi connectivity index (χ2v) is 9.56. The number of benzene rings is 1. The summed E-state index contributed by atoms with van der Waals surface area (Å²) in [6.07, 6.45) is 1.69. The van der Waals surface area contributed by atoms with Gasteiger partial charge < -0.3 is 14.4 Å². The number of hydrogen-bond acceptors (Lipinski definition) is 7. The van der Waals surface area contributed by atoms with Gasteiger partial charge in [0.15, 0.2) is 14.6 Å². The second-order valence-electron chi connectivity index (χ2n) is 7.12. The summed E-state index contributed by atoms with van der Waals surface area (Å²) >= 11 is 0. The number of aryl methyl sites for hydroxylation is 1. The number of rotatable bonds is 10. The Morgan fingerprint density at radius 3 is 2.61 bits per heavy atom. The molecule has 0 saturated heterocycles. The van der Waals surface area contributed by atoms with Crippen molar-refractivity contribution in [1.82, 2.24) is 5.16 Å².